The summed E-state index contributed by atoms with van der Waals surface area (Å²) in [5.41, 5.74) is 0.750. The van der Waals surface area contributed by atoms with Crippen LogP contribution in [0, 0.1) is 5.82 Å². The van der Waals surface area contributed by atoms with E-state index in [1.165, 1.54) is 11.0 Å². The number of amides is 1. The molecule has 162 valence electrons. The number of aromatic nitrogens is 4. The molecule has 4 heterocycles. The van der Waals surface area contributed by atoms with Crippen LogP contribution in [0.1, 0.15) is 36.0 Å². The number of piperidine rings is 1. The fraction of sp³-hybridized carbons (Fsp3) is 0.556. The minimum absolute atomic E-state index is 0.0766. The summed E-state index contributed by atoms with van der Waals surface area (Å²) in [5.74, 6) is 1.34. The van der Waals surface area contributed by atoms with E-state index < -0.39 is 30.8 Å². The fourth-order valence-corrected chi connectivity index (χ4v) is 3.69. The predicted octanol–water partition coefficient (Wildman–Crippen LogP) is 2.14. The van der Waals surface area contributed by atoms with Crippen molar-refractivity contribution >= 4 is 6.09 Å². The summed E-state index contributed by atoms with van der Waals surface area (Å²) in [6, 6.07) is 1.43. The number of rotatable bonds is 3. The Bertz CT molecular complexity index is 940. The van der Waals surface area contributed by atoms with E-state index in [0.717, 1.165) is 17.6 Å². The molecule has 12 heteroatoms. The van der Waals surface area contributed by atoms with Crippen LogP contribution in [-0.4, -0.2) is 67.8 Å². The van der Waals surface area contributed by atoms with E-state index in [-0.39, 0.29) is 19.0 Å². The van der Waals surface area contributed by atoms with Crippen LogP contribution in [-0.2, 0) is 17.6 Å². The molecule has 0 spiro atoms. The number of pyridine rings is 1. The number of carbonyl (C=O) groups excluding carboxylic acids is 1. The second-order valence-corrected chi connectivity index (χ2v) is 7.29. The second kappa shape index (κ2) is 7.82. The molecule has 1 saturated heterocycles. The van der Waals surface area contributed by atoms with Crippen LogP contribution in [0.4, 0.5) is 22.4 Å². The Hall–Kier alpha value is -2.76. The molecule has 0 aliphatic carbocycles. The highest BCUT2D eigenvalue weighted by Crippen LogP contribution is 2.30. The summed E-state index contributed by atoms with van der Waals surface area (Å²) < 4.78 is 57.4. The van der Waals surface area contributed by atoms with Gasteiger partial charge in [0.1, 0.15) is 11.6 Å². The lowest BCUT2D eigenvalue weighted by molar-refractivity contribution is -0.214. The highest BCUT2D eigenvalue weighted by molar-refractivity contribution is 5.68. The SMILES string of the molecule is O=C(OC(CO)C(F)(F)F)N1CCC(c2nc3n(n2)-c2ncc(F)cc2CC3)CC1. The molecule has 1 amide bonds. The number of ether oxygens (including phenoxy) is 1. The van der Waals surface area contributed by atoms with E-state index in [9.17, 15) is 22.4 Å². The van der Waals surface area contributed by atoms with Crippen molar-refractivity contribution in [3.05, 3.63) is 35.3 Å². The maximum absolute atomic E-state index is 13.4. The minimum atomic E-state index is -4.82. The van der Waals surface area contributed by atoms with Gasteiger partial charge < -0.3 is 14.7 Å². The molecule has 30 heavy (non-hydrogen) atoms. The Morgan fingerprint density at radius 3 is 2.70 bits per heavy atom. The van der Waals surface area contributed by atoms with Gasteiger partial charge in [0, 0.05) is 31.0 Å². The van der Waals surface area contributed by atoms with Crippen molar-refractivity contribution in [2.45, 2.75) is 43.9 Å². The smallest absolute Gasteiger partial charge is 0.427 e. The first-order valence-electron chi connectivity index (χ1n) is 9.50. The third-order valence-electron chi connectivity index (χ3n) is 5.31. The molecular formula is C18H19F4N5O3. The monoisotopic (exact) mass is 429 g/mol. The first-order chi connectivity index (χ1) is 14.3. The van der Waals surface area contributed by atoms with Gasteiger partial charge in [0.25, 0.3) is 0 Å². The molecule has 1 atom stereocenters. The standard InChI is InChI=1S/C18H19F4N5O3/c19-12-7-11-1-2-14-24-15(25-27(14)16(11)23-8-12)10-3-5-26(6-4-10)17(29)30-13(9-28)18(20,21)22/h7-8,10,13,28H,1-6,9H2. The number of likely N-dealkylation sites (tertiary alicyclic amines) is 1. The minimum Gasteiger partial charge on any atom is -0.434 e. The van der Waals surface area contributed by atoms with Crippen molar-refractivity contribution in [3.8, 4) is 5.82 Å². The van der Waals surface area contributed by atoms with Crippen molar-refractivity contribution in [1.82, 2.24) is 24.6 Å². The largest absolute Gasteiger partial charge is 0.434 e. The van der Waals surface area contributed by atoms with Gasteiger partial charge in [-0.2, -0.15) is 17.9 Å². The summed E-state index contributed by atoms with van der Waals surface area (Å²) in [5, 5.41) is 13.3. The number of aliphatic hydroxyl groups is 1. The molecule has 1 fully saturated rings. The van der Waals surface area contributed by atoms with Gasteiger partial charge in [0.15, 0.2) is 11.6 Å². The second-order valence-electron chi connectivity index (χ2n) is 7.29. The summed E-state index contributed by atoms with van der Waals surface area (Å²) in [7, 11) is 0. The summed E-state index contributed by atoms with van der Waals surface area (Å²) in [6.07, 6.45) is -5.24. The molecule has 2 aliphatic heterocycles. The lowest BCUT2D eigenvalue weighted by atomic mass is 9.96. The normalized spacial score (nSPS) is 18.0. The van der Waals surface area contributed by atoms with Crippen LogP contribution in [0.3, 0.4) is 0 Å². The van der Waals surface area contributed by atoms with Crippen LogP contribution in [0.2, 0.25) is 0 Å². The maximum atomic E-state index is 13.4. The van der Waals surface area contributed by atoms with Crippen LogP contribution >= 0.6 is 0 Å². The van der Waals surface area contributed by atoms with Gasteiger partial charge in [-0.1, -0.05) is 0 Å². The molecule has 0 aromatic carbocycles. The van der Waals surface area contributed by atoms with Crippen molar-refractivity contribution in [2.75, 3.05) is 19.7 Å². The number of aryl methyl sites for hydroxylation is 2. The molecule has 4 rings (SSSR count). The van der Waals surface area contributed by atoms with Crippen LogP contribution < -0.4 is 0 Å². The molecular weight excluding hydrogens is 410 g/mol. The fourth-order valence-electron chi connectivity index (χ4n) is 3.69. The summed E-state index contributed by atoms with van der Waals surface area (Å²) in [6.45, 7) is -0.956. The van der Waals surface area contributed by atoms with Crippen LogP contribution in [0.5, 0.6) is 0 Å². The van der Waals surface area contributed by atoms with Crippen LogP contribution in [0.25, 0.3) is 5.82 Å². The highest BCUT2D eigenvalue weighted by Gasteiger charge is 2.43. The Balaban J connectivity index is 1.41. The van der Waals surface area contributed by atoms with E-state index >= 15 is 0 Å². The maximum Gasteiger partial charge on any atom is 0.427 e. The number of carbonyl (C=O) groups is 1. The molecule has 0 radical (unpaired) electrons. The van der Waals surface area contributed by atoms with E-state index in [4.69, 9.17) is 5.11 Å². The van der Waals surface area contributed by atoms with Gasteiger partial charge in [-0.15, -0.1) is 5.10 Å². The van der Waals surface area contributed by atoms with E-state index in [1.807, 2.05) is 0 Å². The number of nitrogens with zero attached hydrogens (tertiary/aromatic N) is 5. The van der Waals surface area contributed by atoms with Gasteiger partial charge >= 0.3 is 12.3 Å². The van der Waals surface area contributed by atoms with E-state index in [0.29, 0.717) is 37.3 Å². The zero-order chi connectivity index (χ0) is 21.5. The lowest BCUT2D eigenvalue weighted by Crippen LogP contribution is -2.44. The molecule has 0 saturated carbocycles. The van der Waals surface area contributed by atoms with E-state index in [1.54, 1.807) is 4.68 Å². The van der Waals surface area contributed by atoms with Gasteiger partial charge in [-0.25, -0.2) is 19.2 Å². The number of aliphatic hydroxyl groups excluding tert-OH is 1. The van der Waals surface area contributed by atoms with Crippen molar-refractivity contribution in [2.24, 2.45) is 0 Å². The molecule has 2 aliphatic rings. The molecule has 0 bridgehead atoms. The van der Waals surface area contributed by atoms with E-state index in [2.05, 4.69) is 19.8 Å². The number of hydrogen-bond acceptors (Lipinski definition) is 6. The molecule has 8 nitrogen and oxygen atoms in total. The van der Waals surface area contributed by atoms with Gasteiger partial charge in [0.05, 0.1) is 12.8 Å². The Kier molecular flexibility index (Phi) is 5.35. The third kappa shape index (κ3) is 3.95. The average molecular weight is 429 g/mol. The molecule has 2 aromatic rings. The number of halogens is 4. The average Bonchev–Trinajstić information content (AvgIpc) is 3.15. The van der Waals surface area contributed by atoms with Crippen molar-refractivity contribution < 1.29 is 32.2 Å². The molecule has 1 N–H and O–H groups in total. The summed E-state index contributed by atoms with van der Waals surface area (Å²) >= 11 is 0. The third-order valence-corrected chi connectivity index (χ3v) is 5.31. The van der Waals surface area contributed by atoms with Gasteiger partial charge in [-0.05, 0) is 25.3 Å². The first kappa shape index (κ1) is 20.5. The topological polar surface area (TPSA) is 93.4 Å². The zero-order valence-corrected chi connectivity index (χ0v) is 15.8. The summed E-state index contributed by atoms with van der Waals surface area (Å²) in [4.78, 5) is 21.9. The van der Waals surface area contributed by atoms with Gasteiger partial charge in [-0.3, -0.25) is 0 Å². The lowest BCUT2D eigenvalue weighted by Gasteiger charge is -2.31. The Morgan fingerprint density at radius 1 is 1.30 bits per heavy atom. The molecule has 2 aromatic heterocycles. The Labute approximate surface area is 168 Å². The Morgan fingerprint density at radius 2 is 2.03 bits per heavy atom. The quantitative estimate of drug-likeness (QED) is 0.752. The first-order valence-corrected chi connectivity index (χ1v) is 9.50. The highest BCUT2D eigenvalue weighted by atomic mass is 19.4. The number of fused-ring (bicyclic) bond motifs is 3. The predicted molar refractivity (Wildman–Crippen MR) is 93.5 cm³/mol. The number of alkyl halides is 3. The number of hydrogen-bond donors (Lipinski definition) is 1. The molecule has 1 unspecified atom stereocenters. The van der Waals surface area contributed by atoms with Crippen molar-refractivity contribution in [1.29, 1.82) is 0 Å². The zero-order valence-electron chi connectivity index (χ0n) is 15.8. The van der Waals surface area contributed by atoms with Crippen molar-refractivity contribution in [3.63, 3.8) is 0 Å². The van der Waals surface area contributed by atoms with Crippen LogP contribution in [0.15, 0.2) is 12.3 Å². The van der Waals surface area contributed by atoms with Gasteiger partial charge in [0.2, 0.25) is 6.10 Å².